The molecule has 7 nitrogen and oxygen atoms in total. The van der Waals surface area contributed by atoms with E-state index in [9.17, 15) is 9.59 Å². The van der Waals surface area contributed by atoms with Gasteiger partial charge in [0.15, 0.2) is 6.61 Å². The van der Waals surface area contributed by atoms with E-state index < -0.39 is 0 Å². The van der Waals surface area contributed by atoms with Crippen molar-refractivity contribution in [2.45, 2.75) is 6.42 Å². The van der Waals surface area contributed by atoms with Gasteiger partial charge in [0.05, 0.1) is 18.8 Å². The number of nitrogens with zero attached hydrogens (tertiary/aromatic N) is 1. The van der Waals surface area contributed by atoms with Crippen molar-refractivity contribution in [2.75, 3.05) is 51.3 Å². The minimum atomic E-state index is -0.293. The Morgan fingerprint density at radius 2 is 1.80 bits per heavy atom. The predicted molar refractivity (Wildman–Crippen MR) is 119 cm³/mol. The molecule has 160 valence electrons. The third kappa shape index (κ3) is 7.12. The molecule has 2 amide bonds. The van der Waals surface area contributed by atoms with Crippen molar-refractivity contribution in [3.05, 3.63) is 58.6 Å². The third-order valence-corrected chi connectivity index (χ3v) is 5.19. The van der Waals surface area contributed by atoms with Gasteiger partial charge in [0.1, 0.15) is 5.75 Å². The number of carbonyl (C=O) groups is 2. The average Bonchev–Trinajstić information content (AvgIpc) is 2.77. The van der Waals surface area contributed by atoms with E-state index in [1.807, 2.05) is 12.1 Å². The summed E-state index contributed by atoms with van der Waals surface area (Å²) >= 11 is 3.35. The molecule has 0 saturated carbocycles. The minimum absolute atomic E-state index is 0.183. The van der Waals surface area contributed by atoms with Crippen LogP contribution >= 0.6 is 15.9 Å². The number of rotatable bonds is 9. The van der Waals surface area contributed by atoms with Crippen molar-refractivity contribution in [1.29, 1.82) is 0 Å². The second-order valence-corrected chi connectivity index (χ2v) is 7.82. The molecule has 1 aliphatic rings. The Hall–Kier alpha value is -2.42. The number of amides is 2. The molecular formula is C22H26BrN3O4. The van der Waals surface area contributed by atoms with Crippen molar-refractivity contribution in [3.63, 3.8) is 0 Å². The van der Waals surface area contributed by atoms with E-state index in [-0.39, 0.29) is 18.4 Å². The smallest absolute Gasteiger partial charge is 0.262 e. The van der Waals surface area contributed by atoms with Crippen molar-refractivity contribution in [3.8, 4) is 5.75 Å². The maximum Gasteiger partial charge on any atom is 0.262 e. The second-order valence-electron chi connectivity index (χ2n) is 6.90. The van der Waals surface area contributed by atoms with Gasteiger partial charge in [-0.05, 0) is 49.4 Å². The fraction of sp³-hybridized carbons (Fsp3) is 0.364. The quantitative estimate of drug-likeness (QED) is 0.545. The SMILES string of the molecule is O=C(COc1ccccc1C(=O)NCCCN1CCOCC1)Nc1ccc(Br)cc1. The number of hydrogen-bond acceptors (Lipinski definition) is 5. The van der Waals surface area contributed by atoms with E-state index in [0.717, 1.165) is 43.7 Å². The van der Waals surface area contributed by atoms with Crippen molar-refractivity contribution in [2.24, 2.45) is 0 Å². The number of halogens is 1. The zero-order valence-corrected chi connectivity index (χ0v) is 18.3. The van der Waals surface area contributed by atoms with Gasteiger partial charge in [-0.2, -0.15) is 0 Å². The van der Waals surface area contributed by atoms with Crippen molar-refractivity contribution >= 4 is 33.4 Å². The van der Waals surface area contributed by atoms with E-state index in [4.69, 9.17) is 9.47 Å². The van der Waals surface area contributed by atoms with Gasteiger partial charge in [0.25, 0.3) is 11.8 Å². The first kappa shape index (κ1) is 22.3. The van der Waals surface area contributed by atoms with Gasteiger partial charge in [-0.1, -0.05) is 28.1 Å². The zero-order chi connectivity index (χ0) is 21.2. The summed E-state index contributed by atoms with van der Waals surface area (Å²) in [6.07, 6.45) is 0.865. The van der Waals surface area contributed by atoms with Crippen LogP contribution in [0.15, 0.2) is 53.0 Å². The molecule has 1 saturated heterocycles. The molecule has 0 atom stereocenters. The number of anilines is 1. The predicted octanol–water partition coefficient (Wildman–Crippen LogP) is 2.92. The molecule has 0 bridgehead atoms. The first-order valence-corrected chi connectivity index (χ1v) is 10.8. The van der Waals surface area contributed by atoms with Crippen LogP contribution in [0.3, 0.4) is 0 Å². The number of para-hydroxylation sites is 1. The Morgan fingerprint density at radius 3 is 2.57 bits per heavy atom. The van der Waals surface area contributed by atoms with E-state index in [0.29, 0.717) is 23.5 Å². The lowest BCUT2D eigenvalue weighted by Crippen LogP contribution is -2.38. The van der Waals surface area contributed by atoms with Gasteiger partial charge in [0, 0.05) is 29.8 Å². The summed E-state index contributed by atoms with van der Waals surface area (Å²) in [6.45, 7) is 4.74. The van der Waals surface area contributed by atoms with Gasteiger partial charge in [-0.15, -0.1) is 0 Å². The molecule has 0 spiro atoms. The topological polar surface area (TPSA) is 79.9 Å². The molecule has 0 radical (unpaired) electrons. The van der Waals surface area contributed by atoms with Crippen LogP contribution in [-0.2, 0) is 9.53 Å². The van der Waals surface area contributed by atoms with Crippen LogP contribution in [0.5, 0.6) is 5.75 Å². The highest BCUT2D eigenvalue weighted by Gasteiger charge is 2.14. The molecule has 0 unspecified atom stereocenters. The van der Waals surface area contributed by atoms with Gasteiger partial charge in [0.2, 0.25) is 0 Å². The molecule has 2 aromatic rings. The molecule has 3 rings (SSSR count). The Morgan fingerprint density at radius 1 is 1.07 bits per heavy atom. The maximum atomic E-state index is 12.6. The van der Waals surface area contributed by atoms with E-state index in [1.54, 1.807) is 36.4 Å². The molecule has 0 aliphatic carbocycles. The van der Waals surface area contributed by atoms with Gasteiger partial charge >= 0.3 is 0 Å². The summed E-state index contributed by atoms with van der Waals surface area (Å²) in [5, 5.41) is 5.69. The summed E-state index contributed by atoms with van der Waals surface area (Å²) in [7, 11) is 0. The first-order valence-electron chi connectivity index (χ1n) is 9.97. The van der Waals surface area contributed by atoms with Crippen LogP contribution in [0.25, 0.3) is 0 Å². The summed E-state index contributed by atoms with van der Waals surface area (Å²) in [5.41, 5.74) is 1.10. The van der Waals surface area contributed by atoms with Crippen LogP contribution in [0, 0.1) is 0 Å². The maximum absolute atomic E-state index is 12.6. The van der Waals surface area contributed by atoms with Gasteiger partial charge in [-0.25, -0.2) is 0 Å². The molecule has 2 N–H and O–H groups in total. The molecule has 1 fully saturated rings. The second kappa shape index (κ2) is 11.7. The highest BCUT2D eigenvalue weighted by molar-refractivity contribution is 9.10. The van der Waals surface area contributed by atoms with Crippen LogP contribution in [0.1, 0.15) is 16.8 Å². The number of ether oxygens (including phenoxy) is 2. The van der Waals surface area contributed by atoms with Crippen LogP contribution in [0.4, 0.5) is 5.69 Å². The summed E-state index contributed by atoms with van der Waals surface area (Å²) in [6, 6.07) is 14.2. The fourth-order valence-electron chi connectivity index (χ4n) is 3.08. The van der Waals surface area contributed by atoms with Crippen LogP contribution in [-0.4, -0.2) is 62.7 Å². The Balaban J connectivity index is 1.45. The Labute approximate surface area is 184 Å². The molecule has 0 aromatic heterocycles. The Bertz CT molecular complexity index is 839. The van der Waals surface area contributed by atoms with E-state index in [2.05, 4.69) is 31.5 Å². The third-order valence-electron chi connectivity index (χ3n) is 4.66. The number of carbonyl (C=O) groups excluding carboxylic acids is 2. The van der Waals surface area contributed by atoms with E-state index >= 15 is 0 Å². The monoisotopic (exact) mass is 475 g/mol. The standard InChI is InChI=1S/C22H26BrN3O4/c23-17-6-8-18(9-7-17)25-21(27)16-30-20-5-2-1-4-19(20)22(28)24-10-3-11-26-12-14-29-15-13-26/h1-2,4-9H,3,10-16H2,(H,24,28)(H,25,27). The normalized spacial score (nSPS) is 14.2. The van der Waals surface area contributed by atoms with Gasteiger partial charge < -0.3 is 20.1 Å². The fourth-order valence-corrected chi connectivity index (χ4v) is 3.34. The molecule has 1 heterocycles. The summed E-state index contributed by atoms with van der Waals surface area (Å²) in [4.78, 5) is 27.0. The van der Waals surface area contributed by atoms with Crippen molar-refractivity contribution < 1.29 is 19.1 Å². The summed E-state index contributed by atoms with van der Waals surface area (Å²) < 4.78 is 11.9. The van der Waals surface area contributed by atoms with E-state index in [1.165, 1.54) is 0 Å². The van der Waals surface area contributed by atoms with Crippen LogP contribution < -0.4 is 15.4 Å². The lowest BCUT2D eigenvalue weighted by atomic mass is 10.2. The Kier molecular flexibility index (Phi) is 8.67. The first-order chi connectivity index (χ1) is 14.6. The summed E-state index contributed by atoms with van der Waals surface area (Å²) in [5.74, 6) is -0.118. The number of morpholine rings is 1. The molecule has 2 aromatic carbocycles. The lowest BCUT2D eigenvalue weighted by Gasteiger charge is -2.26. The molecule has 1 aliphatic heterocycles. The number of hydrogen-bond donors (Lipinski definition) is 2. The highest BCUT2D eigenvalue weighted by atomic mass is 79.9. The zero-order valence-electron chi connectivity index (χ0n) is 16.7. The van der Waals surface area contributed by atoms with Gasteiger partial charge in [-0.3, -0.25) is 14.5 Å². The lowest BCUT2D eigenvalue weighted by molar-refractivity contribution is -0.118. The minimum Gasteiger partial charge on any atom is -0.483 e. The number of nitrogens with one attached hydrogen (secondary N) is 2. The number of benzene rings is 2. The van der Waals surface area contributed by atoms with Crippen LogP contribution in [0.2, 0.25) is 0 Å². The molecule has 8 heteroatoms. The highest BCUT2D eigenvalue weighted by Crippen LogP contribution is 2.18. The largest absolute Gasteiger partial charge is 0.483 e. The van der Waals surface area contributed by atoms with Crippen molar-refractivity contribution in [1.82, 2.24) is 10.2 Å². The molecule has 30 heavy (non-hydrogen) atoms. The molecular weight excluding hydrogens is 450 g/mol. The average molecular weight is 476 g/mol.